The topological polar surface area (TPSA) is 30.2 Å². The highest BCUT2D eigenvalue weighted by molar-refractivity contribution is 9.11. The van der Waals surface area contributed by atoms with E-state index < -0.39 is 0 Å². The molecule has 0 radical (unpaired) electrons. The molecule has 0 amide bonds. The lowest BCUT2D eigenvalue weighted by atomic mass is 10.1. The first-order valence-electron chi connectivity index (χ1n) is 4.96. The Morgan fingerprint density at radius 1 is 1.31 bits per heavy atom. The Bertz CT molecular complexity index is 619. The van der Waals surface area contributed by atoms with E-state index in [0.29, 0.717) is 11.1 Å². The summed E-state index contributed by atoms with van der Waals surface area (Å²) < 4.78 is 6.20. The summed E-state index contributed by atoms with van der Waals surface area (Å²) in [7, 11) is 0. The Labute approximate surface area is 102 Å². The molecule has 1 heterocycles. The lowest BCUT2D eigenvalue weighted by Crippen LogP contribution is -2.02. The summed E-state index contributed by atoms with van der Waals surface area (Å²) in [4.78, 5) is 11.6. The highest BCUT2D eigenvalue weighted by atomic mass is 79.9. The second-order valence-corrected chi connectivity index (χ2v) is 4.89. The van der Waals surface area contributed by atoms with Gasteiger partial charge >= 0.3 is 5.63 Å². The van der Waals surface area contributed by atoms with Gasteiger partial charge in [0, 0.05) is 5.56 Å². The van der Waals surface area contributed by atoms with Gasteiger partial charge < -0.3 is 4.42 Å². The molecule has 2 rings (SSSR count). The van der Waals surface area contributed by atoms with Crippen LogP contribution in [0.3, 0.4) is 0 Å². The number of benzene rings is 1. The maximum absolute atomic E-state index is 11.6. The quantitative estimate of drug-likeness (QED) is 0.793. The zero-order valence-electron chi connectivity index (χ0n) is 9.08. The molecule has 0 saturated carbocycles. The molecule has 82 valence electrons. The molecular weight excluding hydrogens is 268 g/mol. The SMILES string of the molecule is C/C(Br)=C\c1c(C)oc(=O)c2ccccc12. The molecule has 0 aliphatic heterocycles. The number of hydrogen-bond donors (Lipinski definition) is 0. The van der Waals surface area contributed by atoms with Gasteiger partial charge in [-0.3, -0.25) is 0 Å². The summed E-state index contributed by atoms with van der Waals surface area (Å²) >= 11 is 3.39. The molecule has 0 N–H and O–H groups in total. The van der Waals surface area contributed by atoms with Crippen molar-refractivity contribution in [2.45, 2.75) is 13.8 Å². The first kappa shape index (κ1) is 11.1. The standard InChI is InChI=1S/C13H11BrO2/c1-8(14)7-12-9(2)16-13(15)11-6-4-3-5-10(11)12/h3-7H,1-2H3/b8-7+. The second-order valence-electron chi connectivity index (χ2n) is 3.64. The number of allylic oxidation sites excluding steroid dienone is 1. The van der Waals surface area contributed by atoms with Crippen molar-refractivity contribution in [1.29, 1.82) is 0 Å². The van der Waals surface area contributed by atoms with Crippen molar-refractivity contribution in [1.82, 2.24) is 0 Å². The number of fused-ring (bicyclic) bond motifs is 1. The van der Waals surface area contributed by atoms with E-state index >= 15 is 0 Å². The molecule has 3 heteroatoms. The summed E-state index contributed by atoms with van der Waals surface area (Å²) in [5.74, 6) is 0.641. The van der Waals surface area contributed by atoms with Gasteiger partial charge in [-0.2, -0.15) is 0 Å². The summed E-state index contributed by atoms with van der Waals surface area (Å²) in [5, 5.41) is 1.54. The van der Waals surface area contributed by atoms with Crippen molar-refractivity contribution >= 4 is 32.8 Å². The minimum atomic E-state index is -0.280. The van der Waals surface area contributed by atoms with E-state index in [4.69, 9.17) is 4.42 Å². The summed E-state index contributed by atoms with van der Waals surface area (Å²) in [6.07, 6.45) is 1.96. The Hall–Kier alpha value is -1.35. The minimum Gasteiger partial charge on any atom is -0.427 e. The zero-order chi connectivity index (χ0) is 11.7. The van der Waals surface area contributed by atoms with E-state index in [1.54, 1.807) is 13.0 Å². The molecule has 0 unspecified atom stereocenters. The predicted octanol–water partition coefficient (Wildman–Crippen LogP) is 3.86. The third-order valence-corrected chi connectivity index (χ3v) is 2.63. The van der Waals surface area contributed by atoms with Gasteiger partial charge in [0.05, 0.1) is 5.39 Å². The average Bonchev–Trinajstić information content (AvgIpc) is 2.24. The third kappa shape index (κ3) is 1.95. The van der Waals surface area contributed by atoms with Crippen molar-refractivity contribution in [2.75, 3.05) is 0 Å². The smallest absolute Gasteiger partial charge is 0.343 e. The fourth-order valence-corrected chi connectivity index (χ4v) is 1.94. The van der Waals surface area contributed by atoms with Crippen LogP contribution in [0.4, 0.5) is 0 Å². The van der Waals surface area contributed by atoms with Crippen LogP contribution in [0, 0.1) is 6.92 Å². The molecule has 1 aromatic heterocycles. The van der Waals surface area contributed by atoms with Gasteiger partial charge in [-0.15, -0.1) is 0 Å². The van der Waals surface area contributed by atoms with Crippen molar-refractivity contribution in [3.8, 4) is 0 Å². The van der Waals surface area contributed by atoms with E-state index in [1.165, 1.54) is 0 Å². The minimum absolute atomic E-state index is 0.280. The van der Waals surface area contributed by atoms with Crippen LogP contribution in [0.25, 0.3) is 16.8 Å². The maximum atomic E-state index is 11.6. The average molecular weight is 279 g/mol. The largest absolute Gasteiger partial charge is 0.427 e. The lowest BCUT2D eigenvalue weighted by molar-refractivity contribution is 0.487. The molecule has 0 bridgehead atoms. The van der Waals surface area contributed by atoms with E-state index in [0.717, 1.165) is 15.4 Å². The van der Waals surface area contributed by atoms with Gasteiger partial charge in [0.15, 0.2) is 0 Å². The number of hydrogen-bond acceptors (Lipinski definition) is 2. The van der Waals surface area contributed by atoms with Crippen molar-refractivity contribution in [3.63, 3.8) is 0 Å². The molecule has 2 nitrogen and oxygen atoms in total. The fourth-order valence-electron chi connectivity index (χ4n) is 1.71. The van der Waals surface area contributed by atoms with E-state index in [-0.39, 0.29) is 5.63 Å². The van der Waals surface area contributed by atoms with E-state index in [9.17, 15) is 4.79 Å². The van der Waals surface area contributed by atoms with Crippen molar-refractivity contribution < 1.29 is 4.42 Å². The summed E-state index contributed by atoms with van der Waals surface area (Å²) in [6.45, 7) is 3.74. The highest BCUT2D eigenvalue weighted by Crippen LogP contribution is 2.22. The van der Waals surface area contributed by atoms with Crippen LogP contribution in [-0.4, -0.2) is 0 Å². The molecule has 0 spiro atoms. The molecule has 0 saturated heterocycles. The van der Waals surface area contributed by atoms with Gasteiger partial charge in [-0.25, -0.2) is 4.79 Å². The third-order valence-electron chi connectivity index (χ3n) is 2.41. The van der Waals surface area contributed by atoms with Gasteiger partial charge in [-0.05, 0) is 35.9 Å². The summed E-state index contributed by atoms with van der Waals surface area (Å²) in [5.41, 5.74) is 0.669. The van der Waals surface area contributed by atoms with Crippen LogP contribution in [0.1, 0.15) is 18.2 Å². The number of rotatable bonds is 1. The van der Waals surface area contributed by atoms with Crippen molar-refractivity contribution in [3.05, 3.63) is 50.5 Å². The normalized spacial score (nSPS) is 12.1. The molecule has 0 aliphatic carbocycles. The molecule has 16 heavy (non-hydrogen) atoms. The molecule has 0 atom stereocenters. The number of halogens is 1. The Balaban J connectivity index is 2.92. The van der Waals surface area contributed by atoms with Gasteiger partial charge in [0.2, 0.25) is 0 Å². The van der Waals surface area contributed by atoms with Crippen LogP contribution < -0.4 is 5.63 Å². The van der Waals surface area contributed by atoms with Crippen molar-refractivity contribution in [2.24, 2.45) is 0 Å². The van der Waals surface area contributed by atoms with Crippen LogP contribution in [0.5, 0.6) is 0 Å². The van der Waals surface area contributed by atoms with E-state index in [1.807, 2.05) is 31.2 Å². The van der Waals surface area contributed by atoms with Gasteiger partial charge in [0.1, 0.15) is 5.76 Å². The number of aryl methyl sites for hydroxylation is 1. The fraction of sp³-hybridized carbons (Fsp3) is 0.154. The molecule has 1 aromatic carbocycles. The molecule has 2 aromatic rings. The van der Waals surface area contributed by atoms with Crippen LogP contribution in [0.15, 0.2) is 38.0 Å². The first-order valence-corrected chi connectivity index (χ1v) is 5.75. The zero-order valence-corrected chi connectivity index (χ0v) is 10.7. The molecule has 0 fully saturated rings. The second kappa shape index (κ2) is 4.26. The van der Waals surface area contributed by atoms with Crippen LogP contribution in [0.2, 0.25) is 0 Å². The Morgan fingerprint density at radius 2 is 1.94 bits per heavy atom. The Morgan fingerprint density at radius 3 is 2.56 bits per heavy atom. The molecular formula is C13H11BrO2. The van der Waals surface area contributed by atoms with Gasteiger partial charge in [-0.1, -0.05) is 34.1 Å². The monoisotopic (exact) mass is 278 g/mol. The van der Waals surface area contributed by atoms with Gasteiger partial charge in [0.25, 0.3) is 0 Å². The highest BCUT2D eigenvalue weighted by Gasteiger charge is 2.07. The maximum Gasteiger partial charge on any atom is 0.343 e. The first-order chi connectivity index (χ1) is 7.59. The van der Waals surface area contributed by atoms with E-state index in [2.05, 4.69) is 15.9 Å². The predicted molar refractivity (Wildman–Crippen MR) is 69.8 cm³/mol. The Kier molecular flexibility index (Phi) is 2.97. The lowest BCUT2D eigenvalue weighted by Gasteiger charge is -2.04. The molecule has 0 aliphatic rings. The van der Waals surface area contributed by atoms with Crippen LogP contribution in [-0.2, 0) is 0 Å². The summed E-state index contributed by atoms with van der Waals surface area (Å²) in [6, 6.07) is 7.47. The van der Waals surface area contributed by atoms with Crippen LogP contribution >= 0.6 is 15.9 Å².